The quantitative estimate of drug-likeness (QED) is 0.633. The standard InChI is InChI=1S/C14H23N5O/c1-8(2)13-16-7-11(18-15)12(17-13)14(20)19(4)9(3)10-5-6-10/h7-10,18H,5-6,15H2,1-4H3. The molecule has 0 spiro atoms. The van der Waals surface area contributed by atoms with Gasteiger partial charge in [0, 0.05) is 19.0 Å². The summed E-state index contributed by atoms with van der Waals surface area (Å²) in [5.74, 6) is 6.79. The lowest BCUT2D eigenvalue weighted by atomic mass is 10.1. The van der Waals surface area contributed by atoms with Crippen LogP contribution in [0.1, 0.15) is 55.8 Å². The molecule has 0 bridgehead atoms. The molecule has 6 heteroatoms. The number of nitrogens with zero attached hydrogens (tertiary/aromatic N) is 3. The lowest BCUT2D eigenvalue weighted by molar-refractivity contribution is 0.0722. The van der Waals surface area contributed by atoms with Crippen LogP contribution in [0, 0.1) is 5.92 Å². The van der Waals surface area contributed by atoms with Crippen molar-refractivity contribution in [1.29, 1.82) is 0 Å². The number of amides is 1. The molecule has 1 unspecified atom stereocenters. The van der Waals surface area contributed by atoms with E-state index in [0.717, 1.165) is 0 Å². The normalized spacial score (nSPS) is 16.1. The van der Waals surface area contributed by atoms with Crippen molar-refractivity contribution < 1.29 is 4.79 Å². The molecule has 1 atom stereocenters. The summed E-state index contributed by atoms with van der Waals surface area (Å²) in [4.78, 5) is 23.0. The summed E-state index contributed by atoms with van der Waals surface area (Å²) in [6.45, 7) is 6.07. The summed E-state index contributed by atoms with van der Waals surface area (Å²) in [7, 11) is 1.82. The lowest BCUT2D eigenvalue weighted by Crippen LogP contribution is -2.37. The number of anilines is 1. The molecule has 110 valence electrons. The van der Waals surface area contributed by atoms with Crippen LogP contribution in [0.5, 0.6) is 0 Å². The molecule has 0 saturated heterocycles. The number of hydrogen-bond donors (Lipinski definition) is 2. The molecule has 1 saturated carbocycles. The van der Waals surface area contributed by atoms with Gasteiger partial charge in [0.05, 0.1) is 11.9 Å². The molecule has 1 aliphatic rings. The Bertz CT molecular complexity index is 498. The first kappa shape index (κ1) is 14.7. The fourth-order valence-electron chi connectivity index (χ4n) is 2.19. The Labute approximate surface area is 119 Å². The van der Waals surface area contributed by atoms with Gasteiger partial charge in [-0.1, -0.05) is 13.8 Å². The molecule has 1 aromatic heterocycles. The first-order chi connectivity index (χ1) is 9.45. The number of hydrazine groups is 1. The molecule has 1 fully saturated rings. The summed E-state index contributed by atoms with van der Waals surface area (Å²) >= 11 is 0. The van der Waals surface area contributed by atoms with Crippen molar-refractivity contribution in [3.05, 3.63) is 17.7 Å². The minimum Gasteiger partial charge on any atom is -0.337 e. The Morgan fingerprint density at radius 2 is 2.10 bits per heavy atom. The molecular weight excluding hydrogens is 254 g/mol. The molecule has 0 aromatic carbocycles. The van der Waals surface area contributed by atoms with Gasteiger partial charge < -0.3 is 10.3 Å². The van der Waals surface area contributed by atoms with Crippen molar-refractivity contribution in [3.63, 3.8) is 0 Å². The Kier molecular flexibility index (Phi) is 4.23. The van der Waals surface area contributed by atoms with Crippen molar-refractivity contribution in [3.8, 4) is 0 Å². The number of rotatable bonds is 5. The van der Waals surface area contributed by atoms with Crippen LogP contribution in [-0.4, -0.2) is 33.9 Å². The zero-order chi connectivity index (χ0) is 14.9. The Hall–Kier alpha value is -1.69. The maximum Gasteiger partial charge on any atom is 0.274 e. The fourth-order valence-corrected chi connectivity index (χ4v) is 2.19. The first-order valence-corrected chi connectivity index (χ1v) is 7.06. The second kappa shape index (κ2) is 5.75. The summed E-state index contributed by atoms with van der Waals surface area (Å²) in [5.41, 5.74) is 3.32. The van der Waals surface area contributed by atoms with E-state index < -0.39 is 0 Å². The average molecular weight is 277 g/mol. The third-order valence-electron chi connectivity index (χ3n) is 3.92. The van der Waals surface area contributed by atoms with Crippen LogP contribution in [0.4, 0.5) is 5.69 Å². The number of carbonyl (C=O) groups excluding carboxylic acids is 1. The molecule has 6 nitrogen and oxygen atoms in total. The van der Waals surface area contributed by atoms with E-state index in [1.165, 1.54) is 12.8 Å². The molecule has 1 heterocycles. The first-order valence-electron chi connectivity index (χ1n) is 7.06. The number of nitrogen functional groups attached to an aromatic ring is 1. The molecule has 0 aliphatic heterocycles. The number of nitrogens with two attached hydrogens (primary N) is 1. The number of hydrogen-bond acceptors (Lipinski definition) is 5. The molecular formula is C14H23N5O. The van der Waals surface area contributed by atoms with Crippen molar-refractivity contribution in [2.45, 2.75) is 45.6 Å². The van der Waals surface area contributed by atoms with Gasteiger partial charge in [0.1, 0.15) is 5.82 Å². The third-order valence-corrected chi connectivity index (χ3v) is 3.92. The molecule has 1 aliphatic carbocycles. The van der Waals surface area contributed by atoms with Gasteiger partial charge in [0.25, 0.3) is 5.91 Å². The predicted molar refractivity (Wildman–Crippen MR) is 78.2 cm³/mol. The summed E-state index contributed by atoms with van der Waals surface area (Å²) in [5, 5.41) is 0. The predicted octanol–water partition coefficient (Wildman–Crippen LogP) is 1.76. The Morgan fingerprint density at radius 1 is 1.45 bits per heavy atom. The largest absolute Gasteiger partial charge is 0.337 e. The highest BCUT2D eigenvalue weighted by Crippen LogP contribution is 2.35. The SMILES string of the molecule is CC(C)c1ncc(NN)c(C(=O)N(C)C(C)C2CC2)n1. The smallest absolute Gasteiger partial charge is 0.274 e. The molecule has 2 rings (SSSR count). The minimum absolute atomic E-state index is 0.110. The van der Waals surface area contributed by atoms with Gasteiger partial charge in [0.15, 0.2) is 5.69 Å². The molecule has 3 N–H and O–H groups in total. The zero-order valence-corrected chi connectivity index (χ0v) is 12.6. The van der Waals surface area contributed by atoms with Crippen LogP contribution < -0.4 is 11.3 Å². The van der Waals surface area contributed by atoms with Crippen molar-refractivity contribution in [2.75, 3.05) is 12.5 Å². The topological polar surface area (TPSA) is 84.1 Å². The molecule has 0 radical (unpaired) electrons. The molecule has 1 amide bonds. The Morgan fingerprint density at radius 3 is 2.60 bits per heavy atom. The van der Waals surface area contributed by atoms with Gasteiger partial charge in [-0.2, -0.15) is 0 Å². The van der Waals surface area contributed by atoms with E-state index in [1.807, 2.05) is 20.9 Å². The maximum absolute atomic E-state index is 12.6. The van der Waals surface area contributed by atoms with Crippen molar-refractivity contribution in [2.24, 2.45) is 11.8 Å². The molecule has 20 heavy (non-hydrogen) atoms. The number of carbonyl (C=O) groups is 1. The zero-order valence-electron chi connectivity index (χ0n) is 12.6. The average Bonchev–Trinajstić information content (AvgIpc) is 3.28. The number of nitrogens with one attached hydrogen (secondary N) is 1. The highest BCUT2D eigenvalue weighted by atomic mass is 16.2. The van der Waals surface area contributed by atoms with Gasteiger partial charge in [-0.15, -0.1) is 0 Å². The lowest BCUT2D eigenvalue weighted by Gasteiger charge is -2.25. The fraction of sp³-hybridized carbons (Fsp3) is 0.643. The second-order valence-electron chi connectivity index (χ2n) is 5.78. The second-order valence-corrected chi connectivity index (χ2v) is 5.78. The van der Waals surface area contributed by atoms with E-state index in [4.69, 9.17) is 5.84 Å². The molecule has 1 aromatic rings. The van der Waals surface area contributed by atoms with E-state index in [1.54, 1.807) is 11.1 Å². The van der Waals surface area contributed by atoms with E-state index in [0.29, 0.717) is 23.1 Å². The van der Waals surface area contributed by atoms with Gasteiger partial charge in [0.2, 0.25) is 0 Å². The monoisotopic (exact) mass is 277 g/mol. The van der Waals surface area contributed by atoms with Crippen molar-refractivity contribution >= 4 is 11.6 Å². The van der Waals surface area contributed by atoms with Crippen LogP contribution in [-0.2, 0) is 0 Å². The van der Waals surface area contributed by atoms with E-state index in [2.05, 4.69) is 22.3 Å². The highest BCUT2D eigenvalue weighted by Gasteiger charge is 2.33. The minimum atomic E-state index is -0.110. The van der Waals surface area contributed by atoms with Crippen molar-refractivity contribution in [1.82, 2.24) is 14.9 Å². The summed E-state index contributed by atoms with van der Waals surface area (Å²) in [6.07, 6.45) is 3.97. The van der Waals surface area contributed by atoms with Crippen LogP contribution in [0.15, 0.2) is 6.20 Å². The summed E-state index contributed by atoms with van der Waals surface area (Å²) < 4.78 is 0. The maximum atomic E-state index is 12.6. The van der Waals surface area contributed by atoms with E-state index in [-0.39, 0.29) is 17.9 Å². The van der Waals surface area contributed by atoms with Crippen LogP contribution in [0.3, 0.4) is 0 Å². The van der Waals surface area contributed by atoms with Gasteiger partial charge in [-0.3, -0.25) is 10.6 Å². The van der Waals surface area contributed by atoms with Gasteiger partial charge in [-0.25, -0.2) is 9.97 Å². The third kappa shape index (κ3) is 2.90. The summed E-state index contributed by atoms with van der Waals surface area (Å²) in [6, 6.07) is 0.227. The number of aromatic nitrogens is 2. The van der Waals surface area contributed by atoms with Crippen LogP contribution >= 0.6 is 0 Å². The Balaban J connectivity index is 2.28. The van der Waals surface area contributed by atoms with Crippen LogP contribution in [0.2, 0.25) is 0 Å². The van der Waals surface area contributed by atoms with E-state index >= 15 is 0 Å². The highest BCUT2D eigenvalue weighted by molar-refractivity contribution is 5.97. The van der Waals surface area contributed by atoms with Gasteiger partial charge in [-0.05, 0) is 25.7 Å². The van der Waals surface area contributed by atoms with E-state index in [9.17, 15) is 4.79 Å². The van der Waals surface area contributed by atoms with Gasteiger partial charge >= 0.3 is 0 Å². The van der Waals surface area contributed by atoms with Crippen LogP contribution in [0.25, 0.3) is 0 Å².